The first kappa shape index (κ1) is 19.6. The molecule has 0 saturated heterocycles. The third-order valence-corrected chi connectivity index (χ3v) is 3.72. The highest BCUT2D eigenvalue weighted by Gasteiger charge is 2.29. The average molecular weight is 334 g/mol. The first-order chi connectivity index (χ1) is 10.5. The Labute approximate surface area is 135 Å². The molecule has 4 nitrogen and oxygen atoms in total. The molecule has 0 heterocycles. The van der Waals surface area contributed by atoms with Gasteiger partial charge in [-0.1, -0.05) is 6.07 Å². The molecular weight excluding hydrogens is 309 g/mol. The van der Waals surface area contributed by atoms with Crippen LogP contribution in [0.15, 0.2) is 18.2 Å². The fourth-order valence-corrected chi connectivity index (χ4v) is 1.77. The standard InChI is InChI=1S/C16H25F3N2O2/c1-15(2,21(3)4)10-20-9-12-6-7-13(14(8-12)22-5)23-11-16(17,18)19/h6-8,20H,9-11H2,1-5H3. The molecule has 1 N–H and O–H groups in total. The molecule has 132 valence electrons. The van der Waals surface area contributed by atoms with E-state index in [4.69, 9.17) is 9.47 Å². The van der Waals surface area contributed by atoms with Crippen LogP contribution in [0.2, 0.25) is 0 Å². The number of likely N-dealkylation sites (N-methyl/N-ethyl adjacent to an activating group) is 1. The van der Waals surface area contributed by atoms with E-state index in [1.165, 1.54) is 13.2 Å². The van der Waals surface area contributed by atoms with Crippen LogP contribution in [0.25, 0.3) is 0 Å². The van der Waals surface area contributed by atoms with Crippen molar-refractivity contribution in [3.05, 3.63) is 23.8 Å². The van der Waals surface area contributed by atoms with E-state index >= 15 is 0 Å². The first-order valence-corrected chi connectivity index (χ1v) is 7.30. The van der Waals surface area contributed by atoms with E-state index in [1.807, 2.05) is 14.1 Å². The number of alkyl halides is 3. The van der Waals surface area contributed by atoms with Crippen LogP contribution in [0, 0.1) is 0 Å². The van der Waals surface area contributed by atoms with Gasteiger partial charge in [-0.15, -0.1) is 0 Å². The zero-order chi connectivity index (χ0) is 17.7. The van der Waals surface area contributed by atoms with Crippen molar-refractivity contribution >= 4 is 0 Å². The van der Waals surface area contributed by atoms with Crippen LogP contribution in [0.1, 0.15) is 19.4 Å². The number of hydrogen-bond acceptors (Lipinski definition) is 4. The summed E-state index contributed by atoms with van der Waals surface area (Å²) in [6, 6.07) is 4.91. The van der Waals surface area contributed by atoms with Crippen LogP contribution in [-0.2, 0) is 6.54 Å². The zero-order valence-corrected chi connectivity index (χ0v) is 14.3. The predicted octanol–water partition coefficient (Wildman–Crippen LogP) is 3.07. The Morgan fingerprint density at radius 2 is 1.78 bits per heavy atom. The molecule has 0 radical (unpaired) electrons. The van der Waals surface area contributed by atoms with Gasteiger partial charge in [0.2, 0.25) is 0 Å². The second-order valence-corrected chi connectivity index (χ2v) is 6.20. The van der Waals surface area contributed by atoms with E-state index < -0.39 is 12.8 Å². The van der Waals surface area contributed by atoms with Crippen LogP contribution < -0.4 is 14.8 Å². The summed E-state index contributed by atoms with van der Waals surface area (Å²) < 4.78 is 46.5. The van der Waals surface area contributed by atoms with Gasteiger partial charge in [-0.2, -0.15) is 13.2 Å². The summed E-state index contributed by atoms with van der Waals surface area (Å²) in [4.78, 5) is 2.12. The highest BCUT2D eigenvalue weighted by molar-refractivity contribution is 5.43. The molecule has 0 aliphatic carbocycles. The minimum Gasteiger partial charge on any atom is -0.493 e. The predicted molar refractivity (Wildman–Crippen MR) is 84.0 cm³/mol. The van der Waals surface area contributed by atoms with Gasteiger partial charge in [0.25, 0.3) is 0 Å². The fraction of sp³-hybridized carbons (Fsp3) is 0.625. The highest BCUT2D eigenvalue weighted by Crippen LogP contribution is 2.29. The second-order valence-electron chi connectivity index (χ2n) is 6.20. The number of halogens is 3. The molecule has 0 spiro atoms. The number of rotatable bonds is 8. The van der Waals surface area contributed by atoms with E-state index in [-0.39, 0.29) is 11.3 Å². The van der Waals surface area contributed by atoms with Crippen molar-refractivity contribution in [2.45, 2.75) is 32.1 Å². The van der Waals surface area contributed by atoms with Gasteiger partial charge in [0.05, 0.1) is 7.11 Å². The molecule has 1 aromatic rings. The molecule has 1 rings (SSSR count). The van der Waals surface area contributed by atoms with E-state index in [0.29, 0.717) is 12.3 Å². The molecule has 0 aromatic heterocycles. The molecule has 23 heavy (non-hydrogen) atoms. The number of nitrogens with one attached hydrogen (secondary N) is 1. The number of methoxy groups -OCH3 is 1. The van der Waals surface area contributed by atoms with Crippen molar-refractivity contribution in [3.63, 3.8) is 0 Å². The summed E-state index contributed by atoms with van der Waals surface area (Å²) in [5.41, 5.74) is 0.913. The Morgan fingerprint density at radius 1 is 1.13 bits per heavy atom. The van der Waals surface area contributed by atoms with Gasteiger partial charge in [-0.05, 0) is 45.6 Å². The van der Waals surface area contributed by atoms with Crippen LogP contribution >= 0.6 is 0 Å². The monoisotopic (exact) mass is 334 g/mol. The Balaban J connectivity index is 2.65. The van der Waals surface area contributed by atoms with Gasteiger partial charge in [-0.25, -0.2) is 0 Å². The molecule has 0 aliphatic rings. The normalized spacial score (nSPS) is 12.6. The maximum absolute atomic E-state index is 12.2. The molecule has 0 unspecified atom stereocenters. The molecule has 0 aliphatic heterocycles. The SMILES string of the molecule is COc1cc(CNCC(C)(C)N(C)C)ccc1OCC(F)(F)F. The number of ether oxygens (including phenoxy) is 2. The lowest BCUT2D eigenvalue weighted by atomic mass is 10.0. The topological polar surface area (TPSA) is 33.7 Å². The number of hydrogen-bond donors (Lipinski definition) is 1. The van der Waals surface area contributed by atoms with Gasteiger partial charge in [0.15, 0.2) is 18.1 Å². The van der Waals surface area contributed by atoms with Crippen molar-refractivity contribution in [1.29, 1.82) is 0 Å². The van der Waals surface area contributed by atoms with Gasteiger partial charge in [0.1, 0.15) is 0 Å². The molecule has 7 heteroatoms. The van der Waals surface area contributed by atoms with Crippen molar-refractivity contribution in [2.75, 3.05) is 34.4 Å². The third-order valence-electron chi connectivity index (χ3n) is 3.72. The molecular formula is C16H25F3N2O2. The lowest BCUT2D eigenvalue weighted by molar-refractivity contribution is -0.153. The quantitative estimate of drug-likeness (QED) is 0.792. The Bertz CT molecular complexity index is 503. The molecule has 0 amide bonds. The maximum Gasteiger partial charge on any atom is 0.422 e. The van der Waals surface area contributed by atoms with Gasteiger partial charge in [-0.3, -0.25) is 0 Å². The summed E-state index contributed by atoms with van der Waals surface area (Å²) in [6.45, 7) is 4.27. The Kier molecular flexibility index (Phi) is 6.70. The van der Waals surface area contributed by atoms with Crippen molar-refractivity contribution < 1.29 is 22.6 Å². The van der Waals surface area contributed by atoms with Crippen LogP contribution in [0.4, 0.5) is 13.2 Å². The van der Waals surface area contributed by atoms with E-state index in [2.05, 4.69) is 24.1 Å². The molecule has 0 bridgehead atoms. The average Bonchev–Trinajstić information content (AvgIpc) is 2.44. The second kappa shape index (κ2) is 7.88. The van der Waals surface area contributed by atoms with Gasteiger partial charge >= 0.3 is 6.18 Å². The van der Waals surface area contributed by atoms with E-state index in [9.17, 15) is 13.2 Å². The highest BCUT2D eigenvalue weighted by atomic mass is 19.4. The summed E-state index contributed by atoms with van der Waals surface area (Å²) in [5.74, 6) is 0.377. The maximum atomic E-state index is 12.2. The third kappa shape index (κ3) is 6.66. The fourth-order valence-electron chi connectivity index (χ4n) is 1.77. The van der Waals surface area contributed by atoms with Crippen molar-refractivity contribution in [3.8, 4) is 11.5 Å². The molecule has 0 saturated carbocycles. The van der Waals surface area contributed by atoms with Crippen molar-refractivity contribution in [1.82, 2.24) is 10.2 Å². The Morgan fingerprint density at radius 3 is 2.30 bits per heavy atom. The molecule has 0 atom stereocenters. The minimum atomic E-state index is -4.37. The van der Waals surface area contributed by atoms with E-state index in [0.717, 1.165) is 12.1 Å². The minimum absolute atomic E-state index is 0.000152. The largest absolute Gasteiger partial charge is 0.493 e. The van der Waals surface area contributed by atoms with Gasteiger partial charge < -0.3 is 19.7 Å². The smallest absolute Gasteiger partial charge is 0.422 e. The number of nitrogens with zero attached hydrogens (tertiary/aromatic N) is 1. The summed E-state index contributed by atoms with van der Waals surface area (Å²) >= 11 is 0. The zero-order valence-electron chi connectivity index (χ0n) is 14.3. The summed E-state index contributed by atoms with van der Waals surface area (Å²) in [5, 5.41) is 3.33. The van der Waals surface area contributed by atoms with Gasteiger partial charge in [0, 0.05) is 18.6 Å². The Hall–Kier alpha value is -1.47. The summed E-state index contributed by atoms with van der Waals surface area (Å²) in [7, 11) is 5.43. The first-order valence-electron chi connectivity index (χ1n) is 7.30. The van der Waals surface area contributed by atoms with Crippen LogP contribution in [0.3, 0.4) is 0 Å². The van der Waals surface area contributed by atoms with Crippen LogP contribution in [-0.4, -0.2) is 51.0 Å². The molecule has 0 fully saturated rings. The lowest BCUT2D eigenvalue weighted by Crippen LogP contribution is -2.46. The summed E-state index contributed by atoms with van der Waals surface area (Å²) in [6.07, 6.45) is -4.37. The molecule has 1 aromatic carbocycles. The number of benzene rings is 1. The van der Waals surface area contributed by atoms with Crippen LogP contribution in [0.5, 0.6) is 11.5 Å². The lowest BCUT2D eigenvalue weighted by Gasteiger charge is -2.32. The van der Waals surface area contributed by atoms with E-state index in [1.54, 1.807) is 12.1 Å². The van der Waals surface area contributed by atoms with Crippen molar-refractivity contribution in [2.24, 2.45) is 0 Å².